The van der Waals surface area contributed by atoms with Crippen LogP contribution in [0.3, 0.4) is 0 Å². The molecule has 2 N–H and O–H groups in total. The smallest absolute Gasteiger partial charge is 0.150 e. The molecule has 0 aromatic heterocycles. The number of nitrogen functional groups attached to an aromatic ring is 1. The summed E-state index contributed by atoms with van der Waals surface area (Å²) in [6.07, 6.45) is 0. The molecule has 0 saturated heterocycles. The predicted molar refractivity (Wildman–Crippen MR) is 68.7 cm³/mol. The number of benzene rings is 2. The van der Waals surface area contributed by atoms with Crippen LogP contribution in [0.4, 0.5) is 5.69 Å². The van der Waals surface area contributed by atoms with E-state index in [1.165, 1.54) is 0 Å². The van der Waals surface area contributed by atoms with Crippen molar-refractivity contribution in [3.05, 3.63) is 48.0 Å². The zero-order chi connectivity index (χ0) is 12.3. The molecule has 0 atom stereocenters. The first kappa shape index (κ1) is 11.3. The van der Waals surface area contributed by atoms with Gasteiger partial charge in [0.15, 0.2) is 5.75 Å². The average molecular weight is 229 g/mol. The minimum atomic E-state index is 0.670. The van der Waals surface area contributed by atoms with E-state index in [1.807, 2.05) is 49.4 Å². The number of rotatable bonds is 3. The summed E-state index contributed by atoms with van der Waals surface area (Å²) in [5.74, 6) is 2.22. The van der Waals surface area contributed by atoms with E-state index in [0.717, 1.165) is 17.1 Å². The van der Waals surface area contributed by atoms with E-state index < -0.39 is 0 Å². The number of para-hydroxylation sites is 1. The van der Waals surface area contributed by atoms with Crippen LogP contribution in [-0.4, -0.2) is 7.11 Å². The Bertz CT molecular complexity index is 506. The Morgan fingerprint density at radius 1 is 0.941 bits per heavy atom. The lowest BCUT2D eigenvalue weighted by Crippen LogP contribution is -1.94. The lowest BCUT2D eigenvalue weighted by atomic mass is 10.2. The zero-order valence-electron chi connectivity index (χ0n) is 9.94. The number of hydrogen-bond donors (Lipinski definition) is 1. The number of aryl methyl sites for hydroxylation is 1. The highest BCUT2D eigenvalue weighted by Gasteiger charge is 2.04. The topological polar surface area (TPSA) is 44.5 Å². The molecule has 88 valence electrons. The first-order valence-corrected chi connectivity index (χ1v) is 5.37. The highest BCUT2D eigenvalue weighted by atomic mass is 16.5. The fourth-order valence-electron chi connectivity index (χ4n) is 1.51. The fraction of sp³-hybridized carbons (Fsp3) is 0.143. The van der Waals surface area contributed by atoms with Crippen LogP contribution in [0, 0.1) is 6.92 Å². The Morgan fingerprint density at radius 3 is 2.24 bits per heavy atom. The van der Waals surface area contributed by atoms with Gasteiger partial charge in [-0.3, -0.25) is 0 Å². The summed E-state index contributed by atoms with van der Waals surface area (Å²) in [6.45, 7) is 1.95. The van der Waals surface area contributed by atoms with Crippen molar-refractivity contribution < 1.29 is 9.47 Å². The van der Waals surface area contributed by atoms with Crippen molar-refractivity contribution in [3.63, 3.8) is 0 Å². The zero-order valence-corrected chi connectivity index (χ0v) is 9.94. The summed E-state index contributed by atoms with van der Waals surface area (Å²) >= 11 is 0. The van der Waals surface area contributed by atoms with Gasteiger partial charge >= 0.3 is 0 Å². The molecule has 0 bridgehead atoms. The second-order valence-corrected chi connectivity index (χ2v) is 3.76. The lowest BCUT2D eigenvalue weighted by Gasteiger charge is -2.10. The Hall–Kier alpha value is -2.16. The second-order valence-electron chi connectivity index (χ2n) is 3.76. The predicted octanol–water partition coefficient (Wildman–Crippen LogP) is 3.38. The Balaban J connectivity index is 2.22. The molecule has 2 rings (SSSR count). The van der Waals surface area contributed by atoms with E-state index in [0.29, 0.717) is 11.4 Å². The third-order valence-corrected chi connectivity index (χ3v) is 2.57. The van der Waals surface area contributed by atoms with Crippen molar-refractivity contribution in [1.29, 1.82) is 0 Å². The third kappa shape index (κ3) is 2.50. The van der Waals surface area contributed by atoms with Gasteiger partial charge in [0.25, 0.3) is 0 Å². The van der Waals surface area contributed by atoms with Crippen molar-refractivity contribution >= 4 is 5.69 Å². The maximum Gasteiger partial charge on any atom is 0.150 e. The number of nitrogens with two attached hydrogens (primary N) is 1. The second kappa shape index (κ2) is 4.78. The summed E-state index contributed by atoms with van der Waals surface area (Å²) in [5, 5.41) is 0. The normalized spacial score (nSPS) is 10.0. The van der Waals surface area contributed by atoms with Crippen LogP contribution in [0.5, 0.6) is 17.2 Å². The molecule has 0 aliphatic rings. The van der Waals surface area contributed by atoms with Crippen molar-refractivity contribution in [3.8, 4) is 17.2 Å². The lowest BCUT2D eigenvalue weighted by molar-refractivity contribution is 0.413. The SMILES string of the molecule is COc1ccc(Oc2cccc(C)c2N)cc1. The standard InChI is InChI=1S/C14H15NO2/c1-10-4-3-5-13(14(10)15)17-12-8-6-11(16-2)7-9-12/h3-9H,15H2,1-2H3. The maximum absolute atomic E-state index is 5.94. The molecule has 3 heteroatoms. The maximum atomic E-state index is 5.94. The van der Waals surface area contributed by atoms with E-state index in [9.17, 15) is 0 Å². The minimum Gasteiger partial charge on any atom is -0.497 e. The molecule has 0 unspecified atom stereocenters. The van der Waals surface area contributed by atoms with E-state index in [1.54, 1.807) is 7.11 Å². The highest BCUT2D eigenvalue weighted by molar-refractivity contribution is 5.59. The van der Waals surface area contributed by atoms with Crippen LogP contribution < -0.4 is 15.2 Å². The quantitative estimate of drug-likeness (QED) is 0.820. The molecule has 3 nitrogen and oxygen atoms in total. The van der Waals surface area contributed by atoms with E-state index in [-0.39, 0.29) is 0 Å². The fourth-order valence-corrected chi connectivity index (χ4v) is 1.51. The van der Waals surface area contributed by atoms with E-state index in [2.05, 4.69) is 0 Å². The van der Waals surface area contributed by atoms with E-state index >= 15 is 0 Å². The van der Waals surface area contributed by atoms with Crippen molar-refractivity contribution in [2.45, 2.75) is 6.92 Å². The van der Waals surface area contributed by atoms with Crippen molar-refractivity contribution in [1.82, 2.24) is 0 Å². The number of methoxy groups -OCH3 is 1. The molecule has 0 amide bonds. The average Bonchev–Trinajstić information content (AvgIpc) is 2.36. The van der Waals surface area contributed by atoms with Crippen LogP contribution >= 0.6 is 0 Å². The van der Waals surface area contributed by atoms with Gasteiger partial charge in [0.1, 0.15) is 11.5 Å². The van der Waals surface area contributed by atoms with Gasteiger partial charge in [0.2, 0.25) is 0 Å². The van der Waals surface area contributed by atoms with Gasteiger partial charge in [-0.2, -0.15) is 0 Å². The molecule has 17 heavy (non-hydrogen) atoms. The van der Waals surface area contributed by atoms with Crippen LogP contribution in [0.25, 0.3) is 0 Å². The highest BCUT2D eigenvalue weighted by Crippen LogP contribution is 2.30. The van der Waals surface area contributed by atoms with E-state index in [4.69, 9.17) is 15.2 Å². The summed E-state index contributed by atoms with van der Waals surface area (Å²) in [5.41, 5.74) is 7.62. The summed E-state index contributed by atoms with van der Waals surface area (Å²) in [4.78, 5) is 0. The molecule has 0 heterocycles. The Kier molecular flexibility index (Phi) is 3.19. The van der Waals surface area contributed by atoms with Crippen LogP contribution in [0.2, 0.25) is 0 Å². The molecule has 2 aromatic carbocycles. The molecule has 0 radical (unpaired) electrons. The molecule has 0 aliphatic carbocycles. The molecule has 0 spiro atoms. The van der Waals surface area contributed by atoms with Gasteiger partial charge in [-0.25, -0.2) is 0 Å². The third-order valence-electron chi connectivity index (χ3n) is 2.57. The van der Waals surface area contributed by atoms with Gasteiger partial charge in [-0.1, -0.05) is 12.1 Å². The van der Waals surface area contributed by atoms with Crippen LogP contribution in [0.1, 0.15) is 5.56 Å². The van der Waals surface area contributed by atoms with Gasteiger partial charge in [-0.15, -0.1) is 0 Å². The minimum absolute atomic E-state index is 0.670. The Labute approximate surface area is 101 Å². The summed E-state index contributed by atoms with van der Waals surface area (Å²) in [6, 6.07) is 13.1. The summed E-state index contributed by atoms with van der Waals surface area (Å²) in [7, 11) is 1.63. The van der Waals surface area contributed by atoms with Crippen LogP contribution in [0.15, 0.2) is 42.5 Å². The molecular formula is C14H15NO2. The molecule has 0 aliphatic heterocycles. The Morgan fingerprint density at radius 2 is 1.59 bits per heavy atom. The first-order chi connectivity index (χ1) is 8.20. The largest absolute Gasteiger partial charge is 0.497 e. The molecular weight excluding hydrogens is 214 g/mol. The van der Waals surface area contributed by atoms with Gasteiger partial charge in [0, 0.05) is 0 Å². The van der Waals surface area contributed by atoms with Gasteiger partial charge < -0.3 is 15.2 Å². The van der Waals surface area contributed by atoms with Crippen LogP contribution in [-0.2, 0) is 0 Å². The number of anilines is 1. The van der Waals surface area contributed by atoms with Crippen molar-refractivity contribution in [2.24, 2.45) is 0 Å². The van der Waals surface area contributed by atoms with Gasteiger partial charge in [0.05, 0.1) is 12.8 Å². The molecule has 0 fully saturated rings. The van der Waals surface area contributed by atoms with Crippen molar-refractivity contribution in [2.75, 3.05) is 12.8 Å². The molecule has 0 saturated carbocycles. The summed E-state index contributed by atoms with van der Waals surface area (Å²) < 4.78 is 10.8. The van der Waals surface area contributed by atoms with Gasteiger partial charge in [-0.05, 0) is 42.8 Å². The number of ether oxygens (including phenoxy) is 2. The molecule has 2 aromatic rings. The first-order valence-electron chi connectivity index (χ1n) is 5.37. The number of hydrogen-bond acceptors (Lipinski definition) is 3. The monoisotopic (exact) mass is 229 g/mol.